The zero-order chi connectivity index (χ0) is 13.3. The van der Waals surface area contributed by atoms with Crippen molar-refractivity contribution in [1.29, 1.82) is 0 Å². The molecule has 0 radical (unpaired) electrons. The molecule has 0 amide bonds. The predicted molar refractivity (Wildman–Crippen MR) is 73.7 cm³/mol. The average molecular weight is 264 g/mol. The third-order valence-corrected chi connectivity index (χ3v) is 4.78. The second-order valence-electron chi connectivity index (χ2n) is 4.66. The Morgan fingerprint density at radius 2 is 1.76 bits per heavy atom. The van der Waals surface area contributed by atoms with Crippen LogP contribution >= 0.6 is 0 Å². The minimum absolute atomic E-state index is 0.101. The minimum atomic E-state index is -3.19. The maximum atomic E-state index is 12.0. The van der Waals surface area contributed by atoms with Crippen LogP contribution in [0.15, 0.2) is 0 Å². The van der Waals surface area contributed by atoms with Crippen molar-refractivity contribution in [2.45, 2.75) is 64.2 Å². The van der Waals surface area contributed by atoms with E-state index in [0.29, 0.717) is 6.54 Å². The predicted octanol–water partition coefficient (Wildman–Crippen LogP) is 1.87. The van der Waals surface area contributed by atoms with Gasteiger partial charge in [-0.15, -0.1) is 0 Å². The fraction of sp³-hybridized carbons (Fsp3) is 1.00. The molecule has 0 aromatic carbocycles. The first kappa shape index (κ1) is 16.9. The first-order valence-corrected chi connectivity index (χ1v) is 8.18. The Bertz CT molecular complexity index is 278. The summed E-state index contributed by atoms with van der Waals surface area (Å²) in [6, 6.07) is 0.101. The molecule has 0 aliphatic carbocycles. The summed E-state index contributed by atoms with van der Waals surface area (Å²) in [5.41, 5.74) is 0. The fourth-order valence-corrected chi connectivity index (χ4v) is 3.13. The van der Waals surface area contributed by atoms with E-state index in [9.17, 15) is 8.42 Å². The second-order valence-corrected chi connectivity index (χ2v) is 6.79. The first-order chi connectivity index (χ1) is 7.97. The summed E-state index contributed by atoms with van der Waals surface area (Å²) in [4.78, 5) is 0. The van der Waals surface area contributed by atoms with Crippen LogP contribution in [0.4, 0.5) is 0 Å². The third kappa shape index (κ3) is 7.01. The van der Waals surface area contributed by atoms with E-state index in [1.165, 1.54) is 0 Å². The van der Waals surface area contributed by atoms with Crippen molar-refractivity contribution in [2.24, 2.45) is 0 Å². The molecule has 17 heavy (non-hydrogen) atoms. The number of hydrogen-bond acceptors (Lipinski definition) is 3. The summed E-state index contributed by atoms with van der Waals surface area (Å²) < 4.78 is 26.9. The van der Waals surface area contributed by atoms with E-state index in [2.05, 4.69) is 23.9 Å². The molecule has 2 N–H and O–H groups in total. The van der Waals surface area contributed by atoms with Gasteiger partial charge < -0.3 is 5.32 Å². The van der Waals surface area contributed by atoms with Crippen molar-refractivity contribution < 1.29 is 8.42 Å². The summed E-state index contributed by atoms with van der Waals surface area (Å²) in [5, 5.41) is 2.52. The number of nitrogens with one attached hydrogen (secondary N) is 2. The van der Waals surface area contributed by atoms with Gasteiger partial charge in [0.1, 0.15) is 0 Å². The van der Waals surface area contributed by atoms with Gasteiger partial charge in [0.15, 0.2) is 0 Å². The van der Waals surface area contributed by atoms with E-state index < -0.39 is 10.0 Å². The maximum absolute atomic E-state index is 12.0. The van der Waals surface area contributed by atoms with Gasteiger partial charge in [-0.2, -0.15) is 0 Å². The monoisotopic (exact) mass is 264 g/mol. The molecular weight excluding hydrogens is 236 g/mol. The molecular formula is C12H28N2O2S. The summed E-state index contributed by atoms with van der Waals surface area (Å²) in [7, 11) is -1.42. The second kappa shape index (κ2) is 8.89. The third-order valence-electron chi connectivity index (χ3n) is 2.90. The maximum Gasteiger partial charge on any atom is 0.215 e. The molecule has 0 aliphatic heterocycles. The van der Waals surface area contributed by atoms with Crippen molar-refractivity contribution in [3.63, 3.8) is 0 Å². The molecule has 0 aromatic rings. The lowest BCUT2D eigenvalue weighted by Crippen LogP contribution is -2.43. The topological polar surface area (TPSA) is 58.2 Å². The standard InChI is InChI=1S/C12H28N2O2S/c1-5-7-9-12(8-6-2)14-17(15,16)11(3)10-13-4/h11-14H,5-10H2,1-4H3. The van der Waals surface area contributed by atoms with Crippen LogP contribution in [0.1, 0.15) is 52.9 Å². The fourth-order valence-electron chi connectivity index (χ4n) is 1.81. The number of sulfonamides is 1. The average Bonchev–Trinajstić information content (AvgIpc) is 2.26. The first-order valence-electron chi connectivity index (χ1n) is 6.63. The lowest BCUT2D eigenvalue weighted by molar-refractivity contribution is 0.478. The highest BCUT2D eigenvalue weighted by atomic mass is 32.2. The van der Waals surface area contributed by atoms with E-state index in [0.717, 1.165) is 32.1 Å². The minimum Gasteiger partial charge on any atom is -0.318 e. The Balaban J connectivity index is 4.40. The highest BCUT2D eigenvalue weighted by Crippen LogP contribution is 2.10. The van der Waals surface area contributed by atoms with Crippen LogP contribution in [0.3, 0.4) is 0 Å². The van der Waals surface area contributed by atoms with Crippen molar-refractivity contribution in [2.75, 3.05) is 13.6 Å². The smallest absolute Gasteiger partial charge is 0.215 e. The molecule has 0 heterocycles. The molecule has 0 saturated carbocycles. The van der Waals surface area contributed by atoms with E-state index in [-0.39, 0.29) is 11.3 Å². The highest BCUT2D eigenvalue weighted by molar-refractivity contribution is 7.90. The molecule has 0 aliphatic rings. The summed E-state index contributed by atoms with van der Waals surface area (Å²) in [6.45, 7) is 6.44. The van der Waals surface area contributed by atoms with Gasteiger partial charge in [-0.1, -0.05) is 33.1 Å². The van der Waals surface area contributed by atoms with Gasteiger partial charge in [-0.3, -0.25) is 0 Å². The van der Waals surface area contributed by atoms with Gasteiger partial charge >= 0.3 is 0 Å². The highest BCUT2D eigenvalue weighted by Gasteiger charge is 2.23. The van der Waals surface area contributed by atoms with Crippen LogP contribution in [-0.2, 0) is 10.0 Å². The van der Waals surface area contributed by atoms with Gasteiger partial charge in [-0.25, -0.2) is 13.1 Å². The van der Waals surface area contributed by atoms with Gasteiger partial charge in [0.25, 0.3) is 0 Å². The zero-order valence-corrected chi connectivity index (χ0v) is 12.4. The molecule has 0 rings (SSSR count). The Morgan fingerprint density at radius 1 is 1.12 bits per heavy atom. The summed E-state index contributed by atoms with van der Waals surface area (Å²) in [6.07, 6.45) is 5.06. The number of unbranched alkanes of at least 4 members (excludes halogenated alkanes) is 1. The molecule has 0 aromatic heterocycles. The molecule has 5 heteroatoms. The molecule has 2 atom stereocenters. The zero-order valence-electron chi connectivity index (χ0n) is 11.6. The van der Waals surface area contributed by atoms with Crippen LogP contribution in [0.2, 0.25) is 0 Å². The molecule has 4 nitrogen and oxygen atoms in total. The Labute approximate surface area is 107 Å². The van der Waals surface area contributed by atoms with E-state index in [1.807, 2.05) is 0 Å². The summed E-state index contributed by atoms with van der Waals surface area (Å²) >= 11 is 0. The largest absolute Gasteiger partial charge is 0.318 e. The molecule has 0 bridgehead atoms. The van der Waals surface area contributed by atoms with Crippen molar-refractivity contribution >= 4 is 10.0 Å². The van der Waals surface area contributed by atoms with Crippen LogP contribution in [0.25, 0.3) is 0 Å². The Morgan fingerprint density at radius 3 is 2.24 bits per heavy atom. The van der Waals surface area contributed by atoms with E-state index >= 15 is 0 Å². The Kier molecular flexibility index (Phi) is 8.82. The molecule has 104 valence electrons. The van der Waals surface area contributed by atoms with Gasteiger partial charge in [-0.05, 0) is 26.8 Å². The number of rotatable bonds is 10. The molecule has 0 fully saturated rings. The summed E-state index contributed by atoms with van der Waals surface area (Å²) in [5.74, 6) is 0. The molecule has 0 spiro atoms. The lowest BCUT2D eigenvalue weighted by atomic mass is 10.1. The van der Waals surface area contributed by atoms with Crippen LogP contribution < -0.4 is 10.0 Å². The SMILES string of the molecule is CCCCC(CCC)NS(=O)(=O)C(C)CNC. The van der Waals surface area contributed by atoms with Crippen LogP contribution in [-0.4, -0.2) is 33.3 Å². The van der Waals surface area contributed by atoms with Gasteiger partial charge in [0.05, 0.1) is 5.25 Å². The number of hydrogen-bond donors (Lipinski definition) is 2. The lowest BCUT2D eigenvalue weighted by Gasteiger charge is -2.21. The van der Waals surface area contributed by atoms with E-state index in [4.69, 9.17) is 0 Å². The molecule has 0 saturated heterocycles. The Hall–Kier alpha value is -0.130. The normalized spacial score (nSPS) is 15.8. The molecule has 2 unspecified atom stereocenters. The van der Waals surface area contributed by atoms with Crippen molar-refractivity contribution in [3.8, 4) is 0 Å². The quantitative estimate of drug-likeness (QED) is 0.633. The van der Waals surface area contributed by atoms with Gasteiger partial charge in [0, 0.05) is 12.6 Å². The van der Waals surface area contributed by atoms with Crippen LogP contribution in [0.5, 0.6) is 0 Å². The van der Waals surface area contributed by atoms with Gasteiger partial charge in [0.2, 0.25) is 10.0 Å². The van der Waals surface area contributed by atoms with Crippen molar-refractivity contribution in [3.05, 3.63) is 0 Å². The van der Waals surface area contributed by atoms with Crippen molar-refractivity contribution in [1.82, 2.24) is 10.0 Å². The van der Waals surface area contributed by atoms with Crippen LogP contribution in [0, 0.1) is 0 Å². The van der Waals surface area contributed by atoms with E-state index in [1.54, 1.807) is 14.0 Å².